The molecule has 0 amide bonds. The number of aliphatic hydroxyl groups is 1. The maximum Gasteiger partial charge on any atom is 0.0555 e. The fraction of sp³-hybridized carbons (Fsp3) is 1.00. The van der Waals surface area contributed by atoms with Crippen LogP contribution < -0.4 is 0 Å². The topological polar surface area (TPSA) is 23.5 Å². The van der Waals surface area contributed by atoms with Crippen molar-refractivity contribution in [3.05, 3.63) is 0 Å². The zero-order chi connectivity index (χ0) is 6.85. The molecule has 0 saturated heterocycles. The van der Waals surface area contributed by atoms with Gasteiger partial charge in [0.2, 0.25) is 0 Å². The standard InChI is InChI=1S/C7H15NO.ClH/c1-8(2)6-3-4-7(9)5-6;/h6-7,9H,3-5H2,1-2H3;1H/t6-,7-;/m1./s1. The van der Waals surface area contributed by atoms with E-state index < -0.39 is 0 Å². The van der Waals surface area contributed by atoms with Crippen molar-refractivity contribution in [3.63, 3.8) is 0 Å². The first-order valence-electron chi connectivity index (χ1n) is 3.54. The monoisotopic (exact) mass is 165 g/mol. The van der Waals surface area contributed by atoms with Crippen molar-refractivity contribution in [2.75, 3.05) is 14.1 Å². The Morgan fingerprint density at radius 3 is 2.10 bits per heavy atom. The molecular formula is C7H16ClNO. The van der Waals surface area contributed by atoms with E-state index in [0.717, 1.165) is 19.3 Å². The minimum atomic E-state index is -0.0302. The summed E-state index contributed by atoms with van der Waals surface area (Å²) >= 11 is 0. The summed E-state index contributed by atoms with van der Waals surface area (Å²) in [6.45, 7) is 0. The summed E-state index contributed by atoms with van der Waals surface area (Å²) in [6, 6.07) is 0.625. The van der Waals surface area contributed by atoms with Crippen molar-refractivity contribution in [1.29, 1.82) is 0 Å². The van der Waals surface area contributed by atoms with E-state index in [1.807, 2.05) is 0 Å². The Morgan fingerprint density at radius 2 is 1.90 bits per heavy atom. The van der Waals surface area contributed by atoms with Crippen LogP contribution in [-0.4, -0.2) is 36.2 Å². The molecule has 0 bridgehead atoms. The van der Waals surface area contributed by atoms with Crippen molar-refractivity contribution >= 4 is 12.4 Å². The van der Waals surface area contributed by atoms with Gasteiger partial charge >= 0.3 is 0 Å². The molecule has 0 spiro atoms. The normalized spacial score (nSPS) is 32.4. The number of rotatable bonds is 1. The minimum absolute atomic E-state index is 0. The molecule has 1 rings (SSSR count). The lowest BCUT2D eigenvalue weighted by molar-refractivity contribution is 0.169. The van der Waals surface area contributed by atoms with E-state index in [9.17, 15) is 0 Å². The molecule has 1 aliphatic carbocycles. The first-order valence-corrected chi connectivity index (χ1v) is 3.54. The van der Waals surface area contributed by atoms with E-state index in [2.05, 4.69) is 19.0 Å². The van der Waals surface area contributed by atoms with Crippen molar-refractivity contribution in [2.45, 2.75) is 31.4 Å². The minimum Gasteiger partial charge on any atom is -0.393 e. The summed E-state index contributed by atoms with van der Waals surface area (Å²) in [4.78, 5) is 2.19. The molecule has 2 atom stereocenters. The van der Waals surface area contributed by atoms with Crippen LogP contribution in [0, 0.1) is 0 Å². The van der Waals surface area contributed by atoms with Crippen LogP contribution in [-0.2, 0) is 0 Å². The van der Waals surface area contributed by atoms with Crippen molar-refractivity contribution < 1.29 is 5.11 Å². The number of nitrogens with zero attached hydrogens (tertiary/aromatic N) is 1. The second-order valence-electron chi connectivity index (χ2n) is 3.08. The Hall–Kier alpha value is 0.210. The van der Waals surface area contributed by atoms with Gasteiger partial charge in [-0.15, -0.1) is 12.4 Å². The van der Waals surface area contributed by atoms with E-state index in [-0.39, 0.29) is 18.5 Å². The molecule has 1 N–H and O–H groups in total. The van der Waals surface area contributed by atoms with Gasteiger partial charge in [0.25, 0.3) is 0 Å². The molecule has 10 heavy (non-hydrogen) atoms. The van der Waals surface area contributed by atoms with Gasteiger partial charge < -0.3 is 10.0 Å². The van der Waals surface area contributed by atoms with Gasteiger partial charge in [-0.3, -0.25) is 0 Å². The number of halogens is 1. The third-order valence-electron chi connectivity index (χ3n) is 2.11. The summed E-state index contributed by atoms with van der Waals surface area (Å²) in [6.07, 6.45) is 3.08. The highest BCUT2D eigenvalue weighted by atomic mass is 35.5. The lowest BCUT2D eigenvalue weighted by Gasteiger charge is -2.17. The van der Waals surface area contributed by atoms with Gasteiger partial charge in [-0.2, -0.15) is 0 Å². The zero-order valence-electron chi connectivity index (χ0n) is 6.58. The van der Waals surface area contributed by atoms with Crippen molar-refractivity contribution in [1.82, 2.24) is 4.90 Å². The van der Waals surface area contributed by atoms with Gasteiger partial charge in [0.05, 0.1) is 6.10 Å². The lowest BCUT2D eigenvalue weighted by atomic mass is 10.2. The van der Waals surface area contributed by atoms with Gasteiger partial charge in [0.1, 0.15) is 0 Å². The molecule has 0 aromatic carbocycles. The van der Waals surface area contributed by atoms with E-state index >= 15 is 0 Å². The predicted molar refractivity (Wildman–Crippen MR) is 44.6 cm³/mol. The molecule has 62 valence electrons. The van der Waals surface area contributed by atoms with E-state index in [1.54, 1.807) is 0 Å². The Balaban J connectivity index is 0.000000810. The highest BCUT2D eigenvalue weighted by Crippen LogP contribution is 2.21. The molecule has 0 aromatic heterocycles. The smallest absolute Gasteiger partial charge is 0.0555 e. The van der Waals surface area contributed by atoms with Crippen LogP contribution in [0.2, 0.25) is 0 Å². The van der Waals surface area contributed by atoms with Crippen molar-refractivity contribution in [2.24, 2.45) is 0 Å². The molecule has 1 saturated carbocycles. The second kappa shape index (κ2) is 4.16. The Bertz CT molecular complexity index is 97.6. The van der Waals surface area contributed by atoms with E-state index in [4.69, 9.17) is 5.11 Å². The first kappa shape index (κ1) is 10.2. The third kappa shape index (κ3) is 2.45. The molecule has 1 aliphatic rings. The summed E-state index contributed by atoms with van der Waals surface area (Å²) in [5.74, 6) is 0. The molecule has 0 aromatic rings. The summed E-state index contributed by atoms with van der Waals surface area (Å²) < 4.78 is 0. The highest BCUT2D eigenvalue weighted by molar-refractivity contribution is 5.85. The third-order valence-corrected chi connectivity index (χ3v) is 2.11. The number of hydrogen-bond donors (Lipinski definition) is 1. The lowest BCUT2D eigenvalue weighted by Crippen LogP contribution is -2.25. The van der Waals surface area contributed by atoms with Crippen LogP contribution in [0.15, 0.2) is 0 Å². The van der Waals surface area contributed by atoms with Gasteiger partial charge in [-0.25, -0.2) is 0 Å². The van der Waals surface area contributed by atoms with Crippen LogP contribution in [0.25, 0.3) is 0 Å². The summed E-state index contributed by atoms with van der Waals surface area (Å²) in [5.41, 5.74) is 0. The number of aliphatic hydroxyl groups excluding tert-OH is 1. The Labute approximate surface area is 68.6 Å². The average molecular weight is 166 g/mol. The van der Waals surface area contributed by atoms with Crippen LogP contribution in [0.5, 0.6) is 0 Å². The van der Waals surface area contributed by atoms with Crippen LogP contribution >= 0.6 is 12.4 Å². The summed E-state index contributed by atoms with van der Waals surface area (Å²) in [7, 11) is 4.14. The molecular weight excluding hydrogens is 150 g/mol. The fourth-order valence-corrected chi connectivity index (χ4v) is 1.40. The quantitative estimate of drug-likeness (QED) is 0.624. The largest absolute Gasteiger partial charge is 0.393 e. The summed E-state index contributed by atoms with van der Waals surface area (Å²) in [5, 5.41) is 9.12. The fourth-order valence-electron chi connectivity index (χ4n) is 1.40. The first-order chi connectivity index (χ1) is 4.20. The van der Waals surface area contributed by atoms with E-state index in [1.165, 1.54) is 0 Å². The Morgan fingerprint density at radius 1 is 1.30 bits per heavy atom. The number of hydrogen-bond acceptors (Lipinski definition) is 2. The highest BCUT2D eigenvalue weighted by Gasteiger charge is 2.23. The van der Waals surface area contributed by atoms with Crippen molar-refractivity contribution in [3.8, 4) is 0 Å². The van der Waals surface area contributed by atoms with Crippen LogP contribution in [0.3, 0.4) is 0 Å². The van der Waals surface area contributed by atoms with Gasteiger partial charge in [-0.05, 0) is 33.4 Å². The Kier molecular flexibility index (Phi) is 4.25. The average Bonchev–Trinajstić information content (AvgIpc) is 2.14. The van der Waals surface area contributed by atoms with Crippen LogP contribution in [0.1, 0.15) is 19.3 Å². The van der Waals surface area contributed by atoms with Gasteiger partial charge in [0.15, 0.2) is 0 Å². The molecule has 0 unspecified atom stereocenters. The SMILES string of the molecule is CN(C)[C@@H]1CC[C@@H](O)C1.Cl. The predicted octanol–water partition coefficient (Wildman–Crippen LogP) is 0.883. The van der Waals surface area contributed by atoms with E-state index in [0.29, 0.717) is 6.04 Å². The molecule has 2 nitrogen and oxygen atoms in total. The maximum absolute atomic E-state index is 9.12. The van der Waals surface area contributed by atoms with Gasteiger partial charge in [-0.1, -0.05) is 0 Å². The second-order valence-corrected chi connectivity index (χ2v) is 3.08. The molecule has 0 radical (unpaired) electrons. The molecule has 0 aliphatic heterocycles. The maximum atomic E-state index is 9.12. The van der Waals surface area contributed by atoms with Crippen LogP contribution in [0.4, 0.5) is 0 Å². The zero-order valence-corrected chi connectivity index (χ0v) is 7.40. The molecule has 3 heteroatoms. The van der Waals surface area contributed by atoms with Gasteiger partial charge in [0, 0.05) is 6.04 Å². The molecule has 1 fully saturated rings. The molecule has 0 heterocycles.